The van der Waals surface area contributed by atoms with E-state index < -0.39 is 6.61 Å². The van der Waals surface area contributed by atoms with Crippen LogP contribution in [0.5, 0.6) is 5.75 Å². The number of rotatable bonds is 6. The Morgan fingerprint density at radius 3 is 2.69 bits per heavy atom. The lowest BCUT2D eigenvalue weighted by Gasteiger charge is -2.17. The standard InChI is InChI=1S/C18H17ClF2N2O3/c1-22-17(24)13-7-6-12(19)8-15(13)23(22)9-14-11(10-25-2)4-3-5-16(14)26-18(20)21/h3-8,18H,9-10H2,1-2H3. The SMILES string of the molecule is COCc1cccc(OC(F)F)c1Cn1c2cc(Cl)ccc2c(=O)n1C. The summed E-state index contributed by atoms with van der Waals surface area (Å²) in [5.41, 5.74) is 1.63. The molecule has 0 aliphatic carbocycles. The lowest BCUT2D eigenvalue weighted by molar-refractivity contribution is -0.0506. The number of ether oxygens (including phenoxy) is 2. The van der Waals surface area contributed by atoms with Gasteiger partial charge in [-0.1, -0.05) is 23.7 Å². The minimum absolute atomic E-state index is 0.0471. The lowest BCUT2D eigenvalue weighted by Crippen LogP contribution is -2.20. The number of hydrogen-bond acceptors (Lipinski definition) is 3. The number of methoxy groups -OCH3 is 1. The van der Waals surface area contributed by atoms with Crippen molar-refractivity contribution in [1.29, 1.82) is 0 Å². The van der Waals surface area contributed by atoms with Gasteiger partial charge in [-0.25, -0.2) is 0 Å². The van der Waals surface area contributed by atoms with Crippen LogP contribution in [0.25, 0.3) is 10.9 Å². The minimum Gasteiger partial charge on any atom is -0.434 e. The van der Waals surface area contributed by atoms with Gasteiger partial charge in [-0.15, -0.1) is 0 Å². The highest BCUT2D eigenvalue weighted by atomic mass is 35.5. The molecule has 0 bridgehead atoms. The second-order valence-corrected chi connectivity index (χ2v) is 6.19. The molecule has 0 saturated heterocycles. The van der Waals surface area contributed by atoms with Crippen molar-refractivity contribution in [1.82, 2.24) is 9.36 Å². The average molecular weight is 383 g/mol. The molecule has 0 amide bonds. The van der Waals surface area contributed by atoms with Crippen LogP contribution in [0.15, 0.2) is 41.2 Å². The predicted molar refractivity (Wildman–Crippen MR) is 95.1 cm³/mol. The highest BCUT2D eigenvalue weighted by Gasteiger charge is 2.18. The van der Waals surface area contributed by atoms with E-state index in [1.165, 1.54) is 17.9 Å². The molecule has 0 aliphatic heterocycles. The Balaban J connectivity index is 2.17. The van der Waals surface area contributed by atoms with Crippen LogP contribution in [-0.2, 0) is 24.9 Å². The molecule has 0 spiro atoms. The third-order valence-corrected chi connectivity index (χ3v) is 4.41. The molecule has 0 fully saturated rings. The first-order valence-corrected chi connectivity index (χ1v) is 8.19. The maximum Gasteiger partial charge on any atom is 0.387 e. The van der Waals surface area contributed by atoms with E-state index in [4.69, 9.17) is 16.3 Å². The Morgan fingerprint density at radius 2 is 2.00 bits per heavy atom. The number of halogens is 3. The minimum atomic E-state index is -2.95. The molecular weight excluding hydrogens is 366 g/mol. The molecule has 2 aromatic carbocycles. The molecule has 0 atom stereocenters. The van der Waals surface area contributed by atoms with E-state index in [9.17, 15) is 13.6 Å². The average Bonchev–Trinajstić information content (AvgIpc) is 2.81. The van der Waals surface area contributed by atoms with Crippen molar-refractivity contribution in [3.05, 3.63) is 62.9 Å². The zero-order valence-electron chi connectivity index (χ0n) is 14.2. The quantitative estimate of drug-likeness (QED) is 0.651. The first kappa shape index (κ1) is 18.4. The van der Waals surface area contributed by atoms with Gasteiger partial charge >= 0.3 is 6.61 Å². The van der Waals surface area contributed by atoms with Crippen LogP contribution in [0.4, 0.5) is 8.78 Å². The van der Waals surface area contributed by atoms with Crippen molar-refractivity contribution < 1.29 is 18.3 Å². The second-order valence-electron chi connectivity index (χ2n) is 5.75. The number of nitrogens with zero attached hydrogens (tertiary/aromatic N) is 2. The number of hydrogen-bond donors (Lipinski definition) is 0. The molecule has 3 rings (SSSR count). The molecule has 0 N–H and O–H groups in total. The summed E-state index contributed by atoms with van der Waals surface area (Å²) in [6, 6.07) is 9.82. The molecule has 5 nitrogen and oxygen atoms in total. The van der Waals surface area contributed by atoms with Gasteiger partial charge < -0.3 is 9.47 Å². The van der Waals surface area contributed by atoms with Gasteiger partial charge in [-0.2, -0.15) is 8.78 Å². The smallest absolute Gasteiger partial charge is 0.387 e. The first-order valence-electron chi connectivity index (χ1n) is 7.82. The summed E-state index contributed by atoms with van der Waals surface area (Å²) >= 11 is 6.07. The summed E-state index contributed by atoms with van der Waals surface area (Å²) in [5.74, 6) is 0.0471. The Hall–Kier alpha value is -2.38. The molecule has 138 valence electrons. The van der Waals surface area contributed by atoms with Crippen molar-refractivity contribution in [3.8, 4) is 5.75 Å². The number of benzene rings is 2. The molecular formula is C18H17ClF2N2O3. The maximum absolute atomic E-state index is 12.8. The van der Waals surface area contributed by atoms with Crippen LogP contribution >= 0.6 is 11.6 Å². The Morgan fingerprint density at radius 1 is 1.23 bits per heavy atom. The Kier molecular flexibility index (Phi) is 5.29. The van der Waals surface area contributed by atoms with E-state index in [-0.39, 0.29) is 24.5 Å². The van der Waals surface area contributed by atoms with Gasteiger partial charge in [0.1, 0.15) is 5.75 Å². The normalized spacial score (nSPS) is 11.5. The van der Waals surface area contributed by atoms with E-state index in [0.717, 1.165) is 0 Å². The Bertz CT molecular complexity index is 998. The molecule has 3 aromatic rings. The number of alkyl halides is 2. The molecule has 8 heteroatoms. The number of fused-ring (bicyclic) bond motifs is 1. The molecule has 1 heterocycles. The lowest BCUT2D eigenvalue weighted by atomic mass is 10.1. The van der Waals surface area contributed by atoms with Gasteiger partial charge in [0.25, 0.3) is 5.56 Å². The summed E-state index contributed by atoms with van der Waals surface area (Å²) in [7, 11) is 3.13. The monoisotopic (exact) mass is 382 g/mol. The van der Waals surface area contributed by atoms with E-state index in [2.05, 4.69) is 4.74 Å². The van der Waals surface area contributed by atoms with Crippen molar-refractivity contribution in [3.63, 3.8) is 0 Å². The van der Waals surface area contributed by atoms with Crippen molar-refractivity contribution in [2.75, 3.05) is 7.11 Å². The van der Waals surface area contributed by atoms with Crippen LogP contribution in [0.3, 0.4) is 0 Å². The third kappa shape index (κ3) is 3.45. The largest absolute Gasteiger partial charge is 0.434 e. The zero-order chi connectivity index (χ0) is 18.8. The molecule has 26 heavy (non-hydrogen) atoms. The summed E-state index contributed by atoms with van der Waals surface area (Å²) in [4.78, 5) is 12.4. The van der Waals surface area contributed by atoms with E-state index in [0.29, 0.717) is 27.1 Å². The molecule has 0 unspecified atom stereocenters. The van der Waals surface area contributed by atoms with Gasteiger partial charge in [-0.05, 0) is 29.8 Å². The van der Waals surface area contributed by atoms with Crippen LogP contribution in [0.1, 0.15) is 11.1 Å². The van der Waals surface area contributed by atoms with E-state index in [1.807, 2.05) is 0 Å². The van der Waals surface area contributed by atoms with Gasteiger partial charge in [0.15, 0.2) is 0 Å². The summed E-state index contributed by atoms with van der Waals surface area (Å²) < 4.78 is 38.6. The van der Waals surface area contributed by atoms with Crippen molar-refractivity contribution in [2.45, 2.75) is 19.8 Å². The number of aromatic nitrogens is 2. The fraction of sp³-hybridized carbons (Fsp3) is 0.278. The van der Waals surface area contributed by atoms with E-state index in [1.54, 1.807) is 42.1 Å². The second kappa shape index (κ2) is 7.47. The fourth-order valence-corrected chi connectivity index (χ4v) is 3.14. The summed E-state index contributed by atoms with van der Waals surface area (Å²) in [5, 5.41) is 0.975. The van der Waals surface area contributed by atoms with Gasteiger partial charge in [0, 0.05) is 24.7 Å². The highest BCUT2D eigenvalue weighted by molar-refractivity contribution is 6.31. The molecule has 0 saturated carbocycles. The third-order valence-electron chi connectivity index (χ3n) is 4.18. The maximum atomic E-state index is 12.8. The fourth-order valence-electron chi connectivity index (χ4n) is 2.97. The summed E-state index contributed by atoms with van der Waals surface area (Å²) in [6.07, 6.45) is 0. The van der Waals surface area contributed by atoms with Crippen molar-refractivity contribution >= 4 is 22.5 Å². The van der Waals surface area contributed by atoms with Gasteiger partial charge in [-0.3, -0.25) is 14.2 Å². The van der Waals surface area contributed by atoms with Crippen LogP contribution in [0.2, 0.25) is 5.02 Å². The molecule has 0 radical (unpaired) electrons. The summed E-state index contributed by atoms with van der Waals surface area (Å²) in [6.45, 7) is -2.58. The molecule has 1 aromatic heterocycles. The molecule has 0 aliphatic rings. The van der Waals surface area contributed by atoms with Crippen LogP contribution in [-0.4, -0.2) is 23.1 Å². The highest BCUT2D eigenvalue weighted by Crippen LogP contribution is 2.27. The van der Waals surface area contributed by atoms with Gasteiger partial charge in [0.2, 0.25) is 0 Å². The van der Waals surface area contributed by atoms with Crippen LogP contribution < -0.4 is 10.3 Å². The predicted octanol–water partition coefficient (Wildman–Crippen LogP) is 3.79. The van der Waals surface area contributed by atoms with Crippen LogP contribution in [0, 0.1) is 0 Å². The Labute approximate surface area is 153 Å². The first-order chi connectivity index (χ1) is 12.4. The zero-order valence-corrected chi connectivity index (χ0v) is 15.0. The van der Waals surface area contributed by atoms with Crippen molar-refractivity contribution in [2.24, 2.45) is 7.05 Å². The van der Waals surface area contributed by atoms with E-state index >= 15 is 0 Å². The topological polar surface area (TPSA) is 45.4 Å². The van der Waals surface area contributed by atoms with Gasteiger partial charge in [0.05, 0.1) is 24.1 Å².